The molecule has 0 aliphatic carbocycles. The summed E-state index contributed by atoms with van der Waals surface area (Å²) in [6, 6.07) is 18.0. The van der Waals surface area contributed by atoms with Gasteiger partial charge in [-0.2, -0.15) is 0 Å². The van der Waals surface area contributed by atoms with Crippen molar-refractivity contribution in [3.05, 3.63) is 60.2 Å². The summed E-state index contributed by atoms with van der Waals surface area (Å²) >= 11 is 0. The zero-order valence-corrected chi connectivity index (χ0v) is 15.0. The molecule has 132 valence electrons. The lowest BCUT2D eigenvalue weighted by molar-refractivity contribution is -0.108. The molecule has 4 nitrogen and oxygen atoms in total. The Morgan fingerprint density at radius 3 is 2.20 bits per heavy atom. The minimum absolute atomic E-state index is 0.250. The molecule has 25 heavy (non-hydrogen) atoms. The molecule has 0 radical (unpaired) electrons. The van der Waals surface area contributed by atoms with Gasteiger partial charge in [-0.15, -0.1) is 0 Å². The fourth-order valence-electron chi connectivity index (χ4n) is 2.53. The van der Waals surface area contributed by atoms with E-state index < -0.39 is 11.7 Å². The molecule has 2 aromatic carbocycles. The number of nitrogens with one attached hydrogen (secondary N) is 1. The molecule has 0 unspecified atom stereocenters. The first-order chi connectivity index (χ1) is 11.9. The van der Waals surface area contributed by atoms with Gasteiger partial charge < -0.3 is 14.8 Å². The normalized spacial score (nSPS) is 12.3. The Hall–Kier alpha value is -2.62. The molecule has 2 rings (SSSR count). The van der Waals surface area contributed by atoms with Gasteiger partial charge in [-0.05, 0) is 43.9 Å². The third-order valence-electron chi connectivity index (χ3n) is 3.64. The maximum atomic E-state index is 11.9. The van der Waals surface area contributed by atoms with Crippen LogP contribution in [0.5, 0.6) is 0 Å². The number of carbonyl (C=O) groups is 2. The molecule has 4 heteroatoms. The van der Waals surface area contributed by atoms with Crippen LogP contribution in [0.4, 0.5) is 4.79 Å². The summed E-state index contributed by atoms with van der Waals surface area (Å²) in [7, 11) is 0. The van der Waals surface area contributed by atoms with Crippen molar-refractivity contribution in [1.29, 1.82) is 0 Å². The number of alkyl carbamates (subject to hydrolysis) is 1. The van der Waals surface area contributed by atoms with E-state index >= 15 is 0 Å². The second-order valence-electron chi connectivity index (χ2n) is 7.01. The van der Waals surface area contributed by atoms with Gasteiger partial charge in [-0.1, -0.05) is 54.6 Å². The summed E-state index contributed by atoms with van der Waals surface area (Å²) < 4.78 is 5.26. The number of rotatable bonds is 6. The Bertz CT molecular complexity index is 687. The molecule has 0 saturated heterocycles. The molecule has 0 bridgehead atoms. The van der Waals surface area contributed by atoms with Crippen molar-refractivity contribution in [3.8, 4) is 11.1 Å². The number of benzene rings is 2. The molecule has 0 aliphatic heterocycles. The summed E-state index contributed by atoms with van der Waals surface area (Å²) in [5.74, 6) is 0. The summed E-state index contributed by atoms with van der Waals surface area (Å²) in [5, 5.41) is 2.78. The van der Waals surface area contributed by atoms with Gasteiger partial charge in [0, 0.05) is 12.5 Å². The SMILES string of the molecule is CC(C)(C)OC(=O)N[C@@H](CC=O)Cc1ccc(-c2ccccc2)cc1. The Morgan fingerprint density at radius 1 is 1.04 bits per heavy atom. The van der Waals surface area contributed by atoms with Gasteiger partial charge in [-0.25, -0.2) is 4.79 Å². The lowest BCUT2D eigenvalue weighted by atomic mass is 10.00. The van der Waals surface area contributed by atoms with Crippen LogP contribution >= 0.6 is 0 Å². The first-order valence-electron chi connectivity index (χ1n) is 8.45. The fraction of sp³-hybridized carbons (Fsp3) is 0.333. The molecule has 0 aromatic heterocycles. The molecule has 1 N–H and O–H groups in total. The summed E-state index contributed by atoms with van der Waals surface area (Å²) in [6.45, 7) is 5.43. The van der Waals surface area contributed by atoms with Crippen LogP contribution in [0.1, 0.15) is 32.8 Å². The van der Waals surface area contributed by atoms with Crippen LogP contribution in [0, 0.1) is 0 Å². The van der Waals surface area contributed by atoms with Crippen molar-refractivity contribution >= 4 is 12.4 Å². The topological polar surface area (TPSA) is 55.4 Å². The van der Waals surface area contributed by atoms with Gasteiger partial charge >= 0.3 is 6.09 Å². The third-order valence-corrected chi connectivity index (χ3v) is 3.64. The Kier molecular flexibility index (Phi) is 6.34. The van der Waals surface area contributed by atoms with Gasteiger partial charge in [-0.3, -0.25) is 0 Å². The Morgan fingerprint density at radius 2 is 1.64 bits per heavy atom. The van der Waals surface area contributed by atoms with Crippen molar-refractivity contribution in [2.24, 2.45) is 0 Å². The second-order valence-corrected chi connectivity index (χ2v) is 7.01. The van der Waals surface area contributed by atoms with Crippen LogP contribution in [0.25, 0.3) is 11.1 Å². The van der Waals surface area contributed by atoms with Crippen molar-refractivity contribution in [2.45, 2.75) is 45.3 Å². The van der Waals surface area contributed by atoms with Crippen LogP contribution < -0.4 is 5.32 Å². The van der Waals surface area contributed by atoms with Gasteiger partial charge in [0.15, 0.2) is 0 Å². The standard InChI is InChI=1S/C21H25NO3/c1-21(2,3)25-20(24)22-19(13-14-23)15-16-9-11-18(12-10-16)17-7-5-4-6-8-17/h4-12,14,19H,13,15H2,1-3H3,(H,22,24)/t19-/m0/s1. The first kappa shape index (κ1) is 18.7. The minimum Gasteiger partial charge on any atom is -0.444 e. The summed E-state index contributed by atoms with van der Waals surface area (Å²) in [5.41, 5.74) is 2.79. The highest BCUT2D eigenvalue weighted by Crippen LogP contribution is 2.20. The first-order valence-corrected chi connectivity index (χ1v) is 8.45. The predicted octanol–water partition coefficient (Wildman–Crippen LogP) is 4.38. The van der Waals surface area contributed by atoms with Crippen LogP contribution in [-0.2, 0) is 16.0 Å². The zero-order chi connectivity index (χ0) is 18.3. The van der Waals surface area contributed by atoms with E-state index in [2.05, 4.69) is 29.6 Å². The van der Waals surface area contributed by atoms with E-state index in [1.54, 1.807) is 0 Å². The number of hydrogen-bond acceptors (Lipinski definition) is 3. The molecule has 0 saturated carbocycles. The predicted molar refractivity (Wildman–Crippen MR) is 99.4 cm³/mol. The van der Waals surface area contributed by atoms with Crippen molar-refractivity contribution < 1.29 is 14.3 Å². The van der Waals surface area contributed by atoms with Crippen LogP contribution in [0.3, 0.4) is 0 Å². The molecule has 0 spiro atoms. The Balaban J connectivity index is 2.01. The molecule has 2 aromatic rings. The molecular formula is C21H25NO3. The van der Waals surface area contributed by atoms with E-state index in [0.717, 1.165) is 23.0 Å². The monoisotopic (exact) mass is 339 g/mol. The largest absolute Gasteiger partial charge is 0.444 e. The number of amides is 1. The molecule has 1 amide bonds. The van der Waals surface area contributed by atoms with Crippen LogP contribution in [0.2, 0.25) is 0 Å². The van der Waals surface area contributed by atoms with E-state index in [9.17, 15) is 9.59 Å². The molecule has 0 fully saturated rings. The van der Waals surface area contributed by atoms with Crippen molar-refractivity contribution in [2.75, 3.05) is 0 Å². The maximum Gasteiger partial charge on any atom is 0.407 e. The lowest BCUT2D eigenvalue weighted by Gasteiger charge is -2.23. The smallest absolute Gasteiger partial charge is 0.407 e. The van der Waals surface area contributed by atoms with Gasteiger partial charge in [0.25, 0.3) is 0 Å². The average molecular weight is 339 g/mol. The number of hydrogen-bond donors (Lipinski definition) is 1. The van der Waals surface area contributed by atoms with E-state index in [1.807, 2.05) is 51.1 Å². The van der Waals surface area contributed by atoms with E-state index in [-0.39, 0.29) is 12.5 Å². The fourth-order valence-corrected chi connectivity index (χ4v) is 2.53. The quantitative estimate of drug-likeness (QED) is 0.795. The highest BCUT2D eigenvalue weighted by Gasteiger charge is 2.19. The maximum absolute atomic E-state index is 11.9. The highest BCUT2D eigenvalue weighted by molar-refractivity contribution is 5.69. The van der Waals surface area contributed by atoms with E-state index in [0.29, 0.717) is 6.42 Å². The molecule has 0 heterocycles. The van der Waals surface area contributed by atoms with E-state index in [1.165, 1.54) is 0 Å². The second kappa shape index (κ2) is 8.47. The summed E-state index contributed by atoms with van der Waals surface area (Å²) in [4.78, 5) is 22.8. The Labute approximate surface area is 149 Å². The van der Waals surface area contributed by atoms with E-state index in [4.69, 9.17) is 4.74 Å². The lowest BCUT2D eigenvalue weighted by Crippen LogP contribution is -2.40. The molecular weight excluding hydrogens is 314 g/mol. The van der Waals surface area contributed by atoms with Gasteiger partial charge in [0.1, 0.15) is 11.9 Å². The molecule has 1 atom stereocenters. The number of aldehydes is 1. The van der Waals surface area contributed by atoms with Crippen LogP contribution in [0.15, 0.2) is 54.6 Å². The third kappa shape index (κ3) is 6.42. The molecule has 0 aliphatic rings. The number of carbonyl (C=O) groups excluding carboxylic acids is 2. The summed E-state index contributed by atoms with van der Waals surface area (Å²) in [6.07, 6.45) is 1.15. The minimum atomic E-state index is -0.562. The zero-order valence-electron chi connectivity index (χ0n) is 15.0. The van der Waals surface area contributed by atoms with Gasteiger partial charge in [0.05, 0.1) is 0 Å². The van der Waals surface area contributed by atoms with Crippen molar-refractivity contribution in [1.82, 2.24) is 5.32 Å². The number of ether oxygens (including phenoxy) is 1. The van der Waals surface area contributed by atoms with Crippen molar-refractivity contribution in [3.63, 3.8) is 0 Å². The average Bonchev–Trinajstić information content (AvgIpc) is 2.55. The van der Waals surface area contributed by atoms with Gasteiger partial charge in [0.2, 0.25) is 0 Å². The van der Waals surface area contributed by atoms with Crippen LogP contribution in [-0.4, -0.2) is 24.0 Å². The highest BCUT2D eigenvalue weighted by atomic mass is 16.6.